The summed E-state index contributed by atoms with van der Waals surface area (Å²) in [5.41, 5.74) is 3.70. The first-order chi connectivity index (χ1) is 15.8. The lowest BCUT2D eigenvalue weighted by Crippen LogP contribution is -2.46. The van der Waals surface area contributed by atoms with Gasteiger partial charge in [0, 0.05) is 16.2 Å². The smallest absolute Gasteiger partial charge is 0.311 e. The average Bonchev–Trinajstić information content (AvgIpc) is 3.57. The number of ether oxygens (including phenoxy) is 3. The molecule has 0 N–H and O–H groups in total. The van der Waals surface area contributed by atoms with Crippen LogP contribution in [0.2, 0.25) is 0 Å². The van der Waals surface area contributed by atoms with E-state index in [4.69, 9.17) is 14.2 Å². The van der Waals surface area contributed by atoms with Crippen LogP contribution in [0.1, 0.15) is 44.7 Å². The maximum atomic E-state index is 14.4. The van der Waals surface area contributed by atoms with E-state index >= 15 is 0 Å². The third-order valence-corrected chi connectivity index (χ3v) is 10.7. The molecule has 2 heterocycles. The molecule has 3 aliphatic rings. The fourth-order valence-corrected chi connectivity index (χ4v) is 9.41. The van der Waals surface area contributed by atoms with Crippen molar-refractivity contribution in [3.8, 4) is 11.5 Å². The normalized spacial score (nSPS) is 31.1. The summed E-state index contributed by atoms with van der Waals surface area (Å²) in [6.45, 7) is 6.25. The molecule has 5 nitrogen and oxygen atoms in total. The second kappa shape index (κ2) is 7.45. The van der Waals surface area contributed by atoms with Crippen molar-refractivity contribution in [1.82, 2.24) is 0 Å². The van der Waals surface area contributed by atoms with Gasteiger partial charge in [0.2, 0.25) is 0 Å². The summed E-state index contributed by atoms with van der Waals surface area (Å²) in [4.78, 5) is 13.4. The number of methoxy groups -OCH3 is 2. The summed E-state index contributed by atoms with van der Waals surface area (Å²) in [6, 6.07) is 15.8. The highest BCUT2D eigenvalue weighted by Gasteiger charge is 2.83. The quantitative estimate of drug-likeness (QED) is 0.569. The molecule has 0 radical (unpaired) electrons. The van der Waals surface area contributed by atoms with Gasteiger partial charge in [-0.25, -0.2) is 0 Å². The maximum absolute atomic E-state index is 14.4. The molecule has 5 rings (SSSR count). The van der Waals surface area contributed by atoms with Crippen LogP contribution in [-0.2, 0) is 20.3 Å². The number of benzene rings is 2. The average molecular weight is 467 g/mol. The van der Waals surface area contributed by atoms with Gasteiger partial charge in [0.15, 0.2) is 0 Å². The van der Waals surface area contributed by atoms with Crippen molar-refractivity contribution in [1.29, 1.82) is 0 Å². The number of carbonyl (C=O) groups is 1. The second-order valence-corrected chi connectivity index (χ2v) is 11.7. The van der Waals surface area contributed by atoms with Gasteiger partial charge < -0.3 is 14.2 Å². The first-order valence-electron chi connectivity index (χ1n) is 11.4. The van der Waals surface area contributed by atoms with E-state index in [1.807, 2.05) is 62.4 Å². The molecule has 2 fully saturated rings. The monoisotopic (exact) mass is 466 g/mol. The van der Waals surface area contributed by atoms with Crippen LogP contribution in [-0.4, -0.2) is 40.5 Å². The van der Waals surface area contributed by atoms with Crippen LogP contribution in [0.25, 0.3) is 11.1 Å². The third-order valence-electron chi connectivity index (χ3n) is 8.10. The highest BCUT2D eigenvalue weighted by molar-refractivity contribution is 7.90. The van der Waals surface area contributed by atoms with Crippen LogP contribution in [0.4, 0.5) is 0 Å². The minimum Gasteiger partial charge on any atom is -0.497 e. The summed E-state index contributed by atoms with van der Waals surface area (Å²) in [7, 11) is 1.98. The molecule has 0 aromatic heterocycles. The Morgan fingerprint density at radius 1 is 0.909 bits per heavy atom. The summed E-state index contributed by atoms with van der Waals surface area (Å²) in [5.74, 6) is 0.868. The number of rotatable bonds is 6. The minimum absolute atomic E-state index is 0.227. The van der Waals surface area contributed by atoms with Crippen LogP contribution in [0.3, 0.4) is 0 Å². The Labute approximate surface area is 197 Å². The molecule has 1 saturated heterocycles. The van der Waals surface area contributed by atoms with Crippen LogP contribution >= 0.6 is 0 Å². The minimum atomic E-state index is -1.31. The standard InChI is InChI=1S/C27H30O5S/c1-6-32-24(28)23-25(2)21(17-7-11-19(30-4)12-8-17)22(18-9-13-20(31-5)14-10-18)26(3,33(25)29)27(23)15-16-27/h7-14,23H,6,15-16H2,1-5H3/t23?,25-,26+,33?/m0/s1. The van der Waals surface area contributed by atoms with E-state index in [9.17, 15) is 9.00 Å². The Hall–Kier alpha value is -2.60. The maximum Gasteiger partial charge on any atom is 0.311 e. The highest BCUT2D eigenvalue weighted by atomic mass is 32.2. The molecule has 2 bridgehead atoms. The zero-order chi connectivity index (χ0) is 23.6. The predicted octanol–water partition coefficient (Wildman–Crippen LogP) is 4.87. The summed E-state index contributed by atoms with van der Waals surface area (Å²) < 4.78 is 29.2. The molecule has 174 valence electrons. The lowest BCUT2D eigenvalue weighted by atomic mass is 9.60. The summed E-state index contributed by atoms with van der Waals surface area (Å²) in [6.07, 6.45) is 1.76. The van der Waals surface area contributed by atoms with Gasteiger partial charge in [0.1, 0.15) is 11.5 Å². The summed E-state index contributed by atoms with van der Waals surface area (Å²) in [5, 5.41) is 0. The van der Waals surface area contributed by atoms with Crippen molar-refractivity contribution in [2.45, 2.75) is 43.1 Å². The molecule has 2 aromatic carbocycles. The Morgan fingerprint density at radius 2 is 1.39 bits per heavy atom. The van der Waals surface area contributed by atoms with Gasteiger partial charge >= 0.3 is 5.97 Å². The van der Waals surface area contributed by atoms with Crippen molar-refractivity contribution >= 4 is 27.9 Å². The number of hydrogen-bond donors (Lipinski definition) is 0. The predicted molar refractivity (Wildman–Crippen MR) is 130 cm³/mol. The SMILES string of the molecule is CCOC(=O)C1C2(CC2)[C@@]2(C)C(c3ccc(OC)cc3)=C(c3ccc(OC)cc3)[C@]1(C)S2=O. The lowest BCUT2D eigenvalue weighted by molar-refractivity contribution is -0.151. The van der Waals surface area contributed by atoms with Crippen LogP contribution in [0.5, 0.6) is 11.5 Å². The van der Waals surface area contributed by atoms with Gasteiger partial charge in [-0.15, -0.1) is 0 Å². The van der Waals surface area contributed by atoms with Gasteiger partial charge in [-0.05, 0) is 80.2 Å². The van der Waals surface area contributed by atoms with Crippen molar-refractivity contribution in [3.63, 3.8) is 0 Å². The Balaban J connectivity index is 1.80. The van der Waals surface area contributed by atoms with Gasteiger partial charge in [0.05, 0.1) is 36.2 Å². The molecular formula is C27H30O5S. The molecule has 4 atom stereocenters. The van der Waals surface area contributed by atoms with E-state index in [1.165, 1.54) is 0 Å². The molecule has 1 aliphatic carbocycles. The molecule has 2 aromatic rings. The van der Waals surface area contributed by atoms with Gasteiger partial charge in [-0.3, -0.25) is 9.00 Å². The fourth-order valence-electron chi connectivity index (χ4n) is 6.53. The first kappa shape index (κ1) is 22.2. The zero-order valence-corrected chi connectivity index (χ0v) is 20.6. The number of fused-ring (bicyclic) bond motifs is 3. The Morgan fingerprint density at radius 3 is 1.82 bits per heavy atom. The van der Waals surface area contributed by atoms with E-state index in [1.54, 1.807) is 14.2 Å². The first-order valence-corrected chi connectivity index (χ1v) is 12.6. The van der Waals surface area contributed by atoms with Gasteiger partial charge in [0.25, 0.3) is 0 Å². The molecule has 6 heteroatoms. The Bertz CT molecular complexity index is 1160. The molecule has 1 saturated carbocycles. The molecule has 2 aliphatic heterocycles. The van der Waals surface area contributed by atoms with E-state index < -0.39 is 26.2 Å². The van der Waals surface area contributed by atoms with Crippen LogP contribution < -0.4 is 9.47 Å². The van der Waals surface area contributed by atoms with E-state index in [0.29, 0.717) is 6.61 Å². The largest absolute Gasteiger partial charge is 0.497 e. The van der Waals surface area contributed by atoms with E-state index in [2.05, 4.69) is 6.92 Å². The summed E-state index contributed by atoms with van der Waals surface area (Å²) >= 11 is 0. The molecule has 1 spiro atoms. The van der Waals surface area contributed by atoms with Crippen molar-refractivity contribution in [2.75, 3.05) is 20.8 Å². The number of esters is 1. The third kappa shape index (κ3) is 2.70. The van der Waals surface area contributed by atoms with Gasteiger partial charge in [-0.2, -0.15) is 0 Å². The topological polar surface area (TPSA) is 61.8 Å². The van der Waals surface area contributed by atoms with Crippen LogP contribution in [0, 0.1) is 11.3 Å². The molecule has 0 amide bonds. The molecule has 33 heavy (non-hydrogen) atoms. The highest BCUT2D eigenvalue weighted by Crippen LogP contribution is 2.80. The number of carbonyl (C=O) groups excluding carboxylic acids is 1. The lowest BCUT2D eigenvalue weighted by Gasteiger charge is -2.40. The molecule has 2 unspecified atom stereocenters. The van der Waals surface area contributed by atoms with E-state index in [-0.39, 0.29) is 11.4 Å². The van der Waals surface area contributed by atoms with E-state index in [0.717, 1.165) is 46.6 Å². The number of hydrogen-bond acceptors (Lipinski definition) is 5. The van der Waals surface area contributed by atoms with Gasteiger partial charge in [-0.1, -0.05) is 24.3 Å². The fraction of sp³-hybridized carbons (Fsp3) is 0.444. The van der Waals surface area contributed by atoms with Crippen molar-refractivity contribution in [2.24, 2.45) is 11.3 Å². The van der Waals surface area contributed by atoms with Crippen molar-refractivity contribution < 1.29 is 23.2 Å². The molecular weight excluding hydrogens is 436 g/mol. The van der Waals surface area contributed by atoms with Crippen molar-refractivity contribution in [3.05, 3.63) is 59.7 Å². The second-order valence-electron chi connectivity index (χ2n) is 9.46. The zero-order valence-electron chi connectivity index (χ0n) is 19.8. The van der Waals surface area contributed by atoms with Crippen LogP contribution in [0.15, 0.2) is 48.5 Å². The Kier molecular flexibility index (Phi) is 5.02.